The number of amides is 1. The van der Waals surface area contributed by atoms with Crippen molar-refractivity contribution in [1.29, 1.82) is 0 Å². The Balaban J connectivity index is 2.90. The average molecular weight is 241 g/mol. The second kappa shape index (κ2) is 5.35. The number of nitro groups is 1. The molecular weight excluding hydrogens is 229 g/mol. The maximum absolute atomic E-state index is 13.0. The Hall–Kier alpha value is -2.02. The number of hydrogen-bond donors (Lipinski definition) is 2. The van der Waals surface area contributed by atoms with E-state index in [1.807, 2.05) is 0 Å². The van der Waals surface area contributed by atoms with Crippen LogP contribution in [0.25, 0.3) is 0 Å². The minimum atomic E-state index is -0.910. The summed E-state index contributed by atoms with van der Waals surface area (Å²) in [6.07, 6.45) is 0.112. The molecule has 0 aliphatic carbocycles. The molecular formula is C10H12FN3O3. The third kappa shape index (κ3) is 3.22. The summed E-state index contributed by atoms with van der Waals surface area (Å²) in [5.41, 5.74) is 5.37. The van der Waals surface area contributed by atoms with Gasteiger partial charge in [0.05, 0.1) is 11.0 Å². The molecule has 6 nitrogen and oxygen atoms in total. The van der Waals surface area contributed by atoms with Crippen LogP contribution < -0.4 is 11.1 Å². The highest BCUT2D eigenvalue weighted by Crippen LogP contribution is 2.19. The summed E-state index contributed by atoms with van der Waals surface area (Å²) in [5.74, 6) is -1.29. The zero-order chi connectivity index (χ0) is 13.0. The lowest BCUT2D eigenvalue weighted by Crippen LogP contribution is -2.40. The Morgan fingerprint density at radius 2 is 2.29 bits per heavy atom. The smallest absolute Gasteiger partial charge is 0.305 e. The van der Waals surface area contributed by atoms with Gasteiger partial charge in [0.2, 0.25) is 11.7 Å². The van der Waals surface area contributed by atoms with Gasteiger partial charge >= 0.3 is 5.69 Å². The molecule has 0 aliphatic rings. The van der Waals surface area contributed by atoms with Gasteiger partial charge in [-0.3, -0.25) is 14.9 Å². The standard InChI is InChI=1S/C10H12FN3O3/c1-13-10(15)8(12)4-6-2-3-7(11)9(5-6)14(16)17/h2-3,5,8H,4,12H2,1H3,(H,13,15)/t8-/m0/s1. The fourth-order valence-corrected chi connectivity index (χ4v) is 1.36. The lowest BCUT2D eigenvalue weighted by molar-refractivity contribution is -0.387. The zero-order valence-electron chi connectivity index (χ0n) is 9.14. The van der Waals surface area contributed by atoms with Crippen molar-refractivity contribution >= 4 is 11.6 Å². The Morgan fingerprint density at radius 3 is 2.82 bits per heavy atom. The van der Waals surface area contributed by atoms with Gasteiger partial charge in [-0.25, -0.2) is 0 Å². The number of hydrogen-bond acceptors (Lipinski definition) is 4. The summed E-state index contributed by atoms with van der Waals surface area (Å²) < 4.78 is 13.0. The number of carbonyl (C=O) groups is 1. The van der Waals surface area contributed by atoms with E-state index >= 15 is 0 Å². The first-order valence-corrected chi connectivity index (χ1v) is 4.85. The van der Waals surface area contributed by atoms with Crippen LogP contribution in [-0.2, 0) is 11.2 Å². The number of nitrogens with zero attached hydrogens (tertiary/aromatic N) is 1. The van der Waals surface area contributed by atoms with Gasteiger partial charge in [0, 0.05) is 13.1 Å². The number of benzene rings is 1. The molecule has 1 aromatic rings. The molecule has 0 heterocycles. The monoisotopic (exact) mass is 241 g/mol. The molecule has 0 radical (unpaired) electrons. The highest BCUT2D eigenvalue weighted by Gasteiger charge is 2.17. The van der Waals surface area contributed by atoms with E-state index in [-0.39, 0.29) is 12.3 Å². The van der Waals surface area contributed by atoms with Gasteiger partial charge in [0.15, 0.2) is 0 Å². The molecule has 0 aromatic heterocycles. The van der Waals surface area contributed by atoms with Gasteiger partial charge < -0.3 is 11.1 Å². The number of halogens is 1. The van der Waals surface area contributed by atoms with Crippen LogP contribution in [0.2, 0.25) is 0 Å². The number of nitro benzene ring substituents is 1. The van der Waals surface area contributed by atoms with Crippen LogP contribution in [0.15, 0.2) is 18.2 Å². The topological polar surface area (TPSA) is 98.3 Å². The Kier molecular flexibility index (Phi) is 4.11. The maximum Gasteiger partial charge on any atom is 0.305 e. The number of rotatable bonds is 4. The van der Waals surface area contributed by atoms with Gasteiger partial charge in [0.25, 0.3) is 0 Å². The SMILES string of the molecule is CNC(=O)[C@@H](N)Cc1ccc(F)c([N+](=O)[O-])c1. The molecule has 0 saturated heterocycles. The number of nitrogens with one attached hydrogen (secondary N) is 1. The minimum Gasteiger partial charge on any atom is -0.358 e. The Labute approximate surface area is 96.8 Å². The second-order valence-corrected chi connectivity index (χ2v) is 3.47. The van der Waals surface area contributed by atoms with Crippen molar-refractivity contribution in [2.24, 2.45) is 5.73 Å². The predicted octanol–water partition coefficient (Wildman–Crippen LogP) is 0.350. The maximum atomic E-state index is 13.0. The summed E-state index contributed by atoms with van der Waals surface area (Å²) >= 11 is 0. The largest absolute Gasteiger partial charge is 0.358 e. The average Bonchev–Trinajstić information content (AvgIpc) is 2.30. The third-order valence-corrected chi connectivity index (χ3v) is 2.25. The third-order valence-electron chi connectivity index (χ3n) is 2.25. The van der Waals surface area contributed by atoms with E-state index in [1.54, 1.807) is 0 Å². The molecule has 92 valence electrons. The summed E-state index contributed by atoms with van der Waals surface area (Å²) in [4.78, 5) is 20.8. The molecule has 1 rings (SSSR count). The number of likely N-dealkylation sites (N-methyl/N-ethyl adjacent to an activating group) is 1. The normalized spacial score (nSPS) is 11.9. The summed E-state index contributed by atoms with van der Waals surface area (Å²) in [5, 5.41) is 12.9. The van der Waals surface area contributed by atoms with E-state index in [2.05, 4.69) is 5.32 Å². The summed E-state index contributed by atoms with van der Waals surface area (Å²) in [6.45, 7) is 0. The van der Waals surface area contributed by atoms with Gasteiger partial charge in [0.1, 0.15) is 0 Å². The van der Waals surface area contributed by atoms with Crippen LogP contribution in [0.3, 0.4) is 0 Å². The van der Waals surface area contributed by atoms with Gasteiger partial charge in [-0.05, 0) is 18.1 Å². The molecule has 1 atom stereocenters. The van der Waals surface area contributed by atoms with Crippen molar-refractivity contribution in [2.45, 2.75) is 12.5 Å². The van der Waals surface area contributed by atoms with Crippen LogP contribution in [0.1, 0.15) is 5.56 Å². The first kappa shape index (κ1) is 13.0. The molecule has 7 heteroatoms. The summed E-state index contributed by atoms with van der Waals surface area (Å²) in [7, 11) is 1.44. The van der Waals surface area contributed by atoms with Crippen LogP contribution in [-0.4, -0.2) is 23.9 Å². The molecule has 0 bridgehead atoms. The van der Waals surface area contributed by atoms with Crippen molar-refractivity contribution in [2.75, 3.05) is 7.05 Å². The second-order valence-electron chi connectivity index (χ2n) is 3.47. The van der Waals surface area contributed by atoms with E-state index in [0.717, 1.165) is 12.1 Å². The van der Waals surface area contributed by atoms with Gasteiger partial charge in [-0.2, -0.15) is 4.39 Å². The number of carbonyl (C=O) groups excluding carboxylic acids is 1. The molecule has 0 unspecified atom stereocenters. The molecule has 17 heavy (non-hydrogen) atoms. The van der Waals surface area contributed by atoms with Crippen molar-refractivity contribution in [3.63, 3.8) is 0 Å². The molecule has 3 N–H and O–H groups in total. The van der Waals surface area contributed by atoms with Crippen LogP contribution in [0.4, 0.5) is 10.1 Å². The first-order valence-electron chi connectivity index (χ1n) is 4.85. The quantitative estimate of drug-likeness (QED) is 0.587. The van der Waals surface area contributed by atoms with Crippen molar-refractivity contribution in [1.82, 2.24) is 5.32 Å². The zero-order valence-corrected chi connectivity index (χ0v) is 9.14. The lowest BCUT2D eigenvalue weighted by Gasteiger charge is -2.09. The molecule has 0 aliphatic heterocycles. The number of nitrogens with two attached hydrogens (primary N) is 1. The van der Waals surface area contributed by atoms with E-state index in [9.17, 15) is 19.3 Å². The fraction of sp³-hybridized carbons (Fsp3) is 0.300. The highest BCUT2D eigenvalue weighted by molar-refractivity contribution is 5.81. The van der Waals surface area contributed by atoms with Gasteiger partial charge in [-0.15, -0.1) is 0 Å². The van der Waals surface area contributed by atoms with Crippen molar-refractivity contribution in [3.8, 4) is 0 Å². The van der Waals surface area contributed by atoms with Gasteiger partial charge in [-0.1, -0.05) is 6.07 Å². The fourth-order valence-electron chi connectivity index (χ4n) is 1.36. The summed E-state index contributed by atoms with van der Waals surface area (Å²) in [6, 6.07) is 2.62. The van der Waals surface area contributed by atoms with Crippen molar-refractivity contribution < 1.29 is 14.1 Å². The lowest BCUT2D eigenvalue weighted by atomic mass is 10.1. The van der Waals surface area contributed by atoms with E-state index in [0.29, 0.717) is 5.56 Å². The van der Waals surface area contributed by atoms with E-state index in [4.69, 9.17) is 5.73 Å². The molecule has 0 saturated carbocycles. The Morgan fingerprint density at radius 1 is 1.65 bits per heavy atom. The molecule has 1 amide bonds. The predicted molar refractivity (Wildman–Crippen MR) is 58.8 cm³/mol. The minimum absolute atomic E-state index is 0.112. The highest BCUT2D eigenvalue weighted by atomic mass is 19.1. The Bertz CT molecular complexity index is 450. The molecule has 0 spiro atoms. The van der Waals surface area contributed by atoms with Crippen LogP contribution in [0.5, 0.6) is 0 Å². The van der Waals surface area contributed by atoms with Crippen LogP contribution >= 0.6 is 0 Å². The van der Waals surface area contributed by atoms with Crippen molar-refractivity contribution in [3.05, 3.63) is 39.7 Å². The van der Waals surface area contributed by atoms with E-state index < -0.39 is 22.5 Å². The molecule has 1 aromatic carbocycles. The van der Waals surface area contributed by atoms with Crippen LogP contribution in [0, 0.1) is 15.9 Å². The first-order chi connectivity index (χ1) is 7.95. The van der Waals surface area contributed by atoms with E-state index in [1.165, 1.54) is 13.1 Å². The molecule has 0 fully saturated rings.